The molecular weight excluding hydrogens is 1830 g/mol. The van der Waals surface area contributed by atoms with Gasteiger partial charge in [0.1, 0.15) is 0 Å². The molecule has 6 aromatic heterocycles. The van der Waals surface area contributed by atoms with E-state index in [4.69, 9.17) is 26.3 Å². The average Bonchev–Trinajstić information content (AvgIpc) is 1.56. The molecule has 27 rings (SSSR count). The molecule has 0 radical (unpaired) electrons. The number of hydrogen-bond donors (Lipinski definition) is 0. The SMILES string of the molecule is [C-]#[N+]c1cc(C#N)cc(-c2ccccc2-c2ccc(-n3c4ccccc4c4cc(C#N)ccc43)cc2)c1-n1c2ccccc2c2ccccc21.[C-]#[N+]c1ccc(-c2ccccc2-c2ccc(-n3c4ccccc4c4cc(C#N)ccc43)cc2)c(-n2c3ccccc3c3ccccc32)c1[N+]#[C-].[C-]#[N+]c1ccc(C#N)c(-c2ccccc2-c2ccc(-n3c4ccccc4c4cc(C#N)ccc43)cc2)c1-n1c2ccccc2c2ccccc21. The molecule has 0 fully saturated rings. The maximum absolute atomic E-state index is 10.5. The fraction of sp³-hybridized carbons (Fsp3) is 0. The van der Waals surface area contributed by atoms with Crippen LogP contribution in [0, 0.1) is 82.9 Å². The van der Waals surface area contributed by atoms with Gasteiger partial charge in [-0.05, 0) is 219 Å². The van der Waals surface area contributed by atoms with Gasteiger partial charge in [-0.3, -0.25) is 4.85 Å². The minimum Gasteiger partial charge on any atom is -0.320 e. The largest absolute Gasteiger partial charge is 0.320 e. The lowest BCUT2D eigenvalue weighted by Gasteiger charge is -2.20. The summed E-state index contributed by atoms with van der Waals surface area (Å²) in [4.78, 5) is 15.8. The molecule has 15 nitrogen and oxygen atoms in total. The molecule has 0 bridgehead atoms. The van der Waals surface area contributed by atoms with Crippen LogP contribution >= 0.6 is 0 Å². The van der Waals surface area contributed by atoms with Crippen LogP contribution in [0.25, 0.3) is 251 Å². The van der Waals surface area contributed by atoms with Gasteiger partial charge in [-0.1, -0.05) is 297 Å². The first-order chi connectivity index (χ1) is 74.1. The van der Waals surface area contributed by atoms with Crippen LogP contribution in [0.2, 0.25) is 0 Å². The highest BCUT2D eigenvalue weighted by atomic mass is 15.0. The number of nitrogens with zero attached hydrogens (tertiary/aromatic N) is 15. The van der Waals surface area contributed by atoms with Crippen LogP contribution < -0.4 is 0 Å². The van der Waals surface area contributed by atoms with Gasteiger partial charge in [0.05, 0.1) is 156 Å². The molecule has 0 unspecified atom stereocenters. The van der Waals surface area contributed by atoms with E-state index in [2.05, 4.69) is 289 Å². The standard InChI is InChI=1S/3C45H25N5/c1-47-39-25-24-37(45(44(39)48-2)50-41-17-9-5-13-34(41)35-14-6-10-18-42(35)50)33-12-4-3-11-32(33)30-20-22-31(23-21-30)49-40-16-8-7-15-36(40)38-27-29(28-46)19-26-43(38)49;1-48-39-24-21-31(28-47)44(45(39)50-41-16-8-4-11-34(41)35-12-5-9-17-42(35)50)37-14-3-2-10-33(37)30-19-22-32(23-20-30)49-40-15-7-6-13-36(40)38-26-29(27-46)18-25-43(38)49;1-48-40-26-30(28-47)25-39(45(40)50-42-16-8-4-12-35(42)36-13-5-9-17-43(36)50)34-11-3-2-10-33(34)31-19-21-32(22-20-31)49-41-15-7-6-14-37(41)38-24-29(27-46)18-23-44(38)49/h3-27H;2*2-26H. The van der Waals surface area contributed by atoms with E-state index in [1.165, 1.54) is 0 Å². The summed E-state index contributed by atoms with van der Waals surface area (Å²) in [6, 6.07) is 164. The van der Waals surface area contributed by atoms with E-state index in [1.54, 1.807) is 24.3 Å². The van der Waals surface area contributed by atoms with E-state index in [0.29, 0.717) is 61.9 Å². The number of nitriles is 5. The van der Waals surface area contributed by atoms with Gasteiger partial charge in [0.25, 0.3) is 0 Å². The minimum atomic E-state index is 0.329. The third-order valence-corrected chi connectivity index (χ3v) is 28.9. The van der Waals surface area contributed by atoms with Crippen LogP contribution in [-0.4, -0.2) is 27.4 Å². The van der Waals surface area contributed by atoms with Crippen molar-refractivity contribution in [3.63, 3.8) is 0 Å². The third kappa shape index (κ3) is 14.6. The maximum Gasteiger partial charge on any atom is 0.218 e. The molecule has 15 heteroatoms. The first-order valence-electron chi connectivity index (χ1n) is 48.8. The van der Waals surface area contributed by atoms with Crippen molar-refractivity contribution in [1.29, 1.82) is 26.3 Å². The Bertz CT molecular complexity index is 10500. The molecule has 21 aromatic carbocycles. The Balaban J connectivity index is 0.000000116. The Morgan fingerprint density at radius 1 is 0.173 bits per heavy atom. The lowest BCUT2D eigenvalue weighted by atomic mass is 9.90. The van der Waals surface area contributed by atoms with Gasteiger partial charge >= 0.3 is 0 Å². The second-order valence-corrected chi connectivity index (χ2v) is 36.7. The van der Waals surface area contributed by atoms with Crippen LogP contribution in [0.4, 0.5) is 22.7 Å². The number of hydrogen-bond acceptors (Lipinski definition) is 5. The van der Waals surface area contributed by atoms with Gasteiger partial charge in [0.2, 0.25) is 17.1 Å². The third-order valence-electron chi connectivity index (χ3n) is 28.9. The van der Waals surface area contributed by atoms with Crippen molar-refractivity contribution in [2.45, 2.75) is 0 Å². The summed E-state index contributed by atoms with van der Waals surface area (Å²) in [6.07, 6.45) is 0. The summed E-state index contributed by atoms with van der Waals surface area (Å²) < 4.78 is 13.2. The number of para-hydroxylation sites is 9. The summed E-state index contributed by atoms with van der Waals surface area (Å²) in [6.45, 7) is 32.8. The van der Waals surface area contributed by atoms with E-state index in [9.17, 15) is 26.3 Å². The quantitative estimate of drug-likeness (QED) is 0.111. The monoisotopic (exact) mass is 1910 g/mol. The van der Waals surface area contributed by atoms with Crippen LogP contribution in [0.5, 0.6) is 0 Å². The Morgan fingerprint density at radius 2 is 0.447 bits per heavy atom. The molecule has 0 spiro atoms. The number of benzene rings is 21. The average molecular weight is 1910 g/mol. The summed E-state index contributed by atoms with van der Waals surface area (Å²) in [5, 5.41) is 62.3. The van der Waals surface area contributed by atoms with E-state index < -0.39 is 0 Å². The normalized spacial score (nSPS) is 11.1. The van der Waals surface area contributed by atoms with Crippen LogP contribution in [-0.2, 0) is 0 Å². The number of rotatable bonds is 12. The van der Waals surface area contributed by atoms with Crippen LogP contribution in [0.1, 0.15) is 27.8 Å². The number of fused-ring (bicyclic) bond motifs is 18. The smallest absolute Gasteiger partial charge is 0.218 e. The van der Waals surface area contributed by atoms with Crippen LogP contribution in [0.3, 0.4) is 0 Å². The fourth-order valence-corrected chi connectivity index (χ4v) is 22.4. The molecule has 0 amide bonds. The van der Waals surface area contributed by atoms with Gasteiger partial charge < -0.3 is 27.4 Å². The molecule has 0 aliphatic heterocycles. The highest BCUT2D eigenvalue weighted by Crippen LogP contribution is 2.52. The zero-order valence-electron chi connectivity index (χ0n) is 80.0. The lowest BCUT2D eigenvalue weighted by Crippen LogP contribution is -2.01. The second kappa shape index (κ2) is 37.0. The molecule has 150 heavy (non-hydrogen) atoms. The van der Waals surface area contributed by atoms with E-state index in [0.717, 1.165) is 220 Å². The molecule has 0 saturated carbocycles. The molecule has 0 aliphatic carbocycles. The zero-order valence-corrected chi connectivity index (χ0v) is 80.0. The van der Waals surface area contributed by atoms with Crippen molar-refractivity contribution in [3.05, 3.63) is 528 Å². The summed E-state index contributed by atoms with van der Waals surface area (Å²) >= 11 is 0. The molecule has 27 aromatic rings. The molecule has 0 atom stereocenters. The summed E-state index contributed by atoms with van der Waals surface area (Å²) in [5.41, 5.74) is 33.0. The van der Waals surface area contributed by atoms with Gasteiger partial charge in [0.15, 0.2) is 5.69 Å². The molecule has 0 aliphatic rings. The van der Waals surface area contributed by atoms with Crippen molar-refractivity contribution in [3.8, 4) is 131 Å². The van der Waals surface area contributed by atoms with Gasteiger partial charge in [0, 0.05) is 98.5 Å². The fourth-order valence-electron chi connectivity index (χ4n) is 22.4. The van der Waals surface area contributed by atoms with Crippen molar-refractivity contribution in [2.24, 2.45) is 0 Å². The second-order valence-electron chi connectivity index (χ2n) is 36.7. The van der Waals surface area contributed by atoms with E-state index in [1.807, 2.05) is 218 Å². The maximum atomic E-state index is 10.5. The van der Waals surface area contributed by atoms with Gasteiger partial charge in [-0.25, -0.2) is 14.5 Å². The molecule has 0 N–H and O–H groups in total. The Hall–Kier alpha value is -22.2. The minimum absolute atomic E-state index is 0.329. The topological polar surface area (TPSA) is 166 Å². The van der Waals surface area contributed by atoms with E-state index >= 15 is 0 Å². The Labute approximate surface area is 861 Å². The first-order valence-corrected chi connectivity index (χ1v) is 48.8. The predicted molar refractivity (Wildman–Crippen MR) is 607 cm³/mol. The van der Waals surface area contributed by atoms with Crippen molar-refractivity contribution in [2.75, 3.05) is 0 Å². The molecule has 6 heterocycles. The van der Waals surface area contributed by atoms with Crippen LogP contribution in [0.15, 0.2) is 455 Å². The van der Waals surface area contributed by atoms with Crippen molar-refractivity contribution < 1.29 is 0 Å². The summed E-state index contributed by atoms with van der Waals surface area (Å²) in [7, 11) is 0. The highest BCUT2D eigenvalue weighted by molar-refractivity contribution is 6.17. The first kappa shape index (κ1) is 89.2. The van der Waals surface area contributed by atoms with Crippen molar-refractivity contribution in [1.82, 2.24) is 27.4 Å². The number of aromatic nitrogens is 6. The van der Waals surface area contributed by atoms with Gasteiger partial charge in [-0.15, -0.1) is 0 Å². The molecular formula is C135H75N15. The Kier molecular flexibility index (Phi) is 22.0. The molecule has 0 saturated heterocycles. The zero-order chi connectivity index (χ0) is 101. The lowest BCUT2D eigenvalue weighted by molar-refractivity contribution is 1.18. The highest BCUT2D eigenvalue weighted by Gasteiger charge is 2.30. The Morgan fingerprint density at radius 3 is 0.773 bits per heavy atom. The van der Waals surface area contributed by atoms with E-state index in [-0.39, 0.29) is 0 Å². The summed E-state index contributed by atoms with van der Waals surface area (Å²) in [5.74, 6) is 0. The van der Waals surface area contributed by atoms with Gasteiger partial charge in [-0.2, -0.15) is 26.3 Å². The predicted octanol–water partition coefficient (Wildman–Crippen LogP) is 35.2. The molecule has 690 valence electrons. The van der Waals surface area contributed by atoms with Crippen molar-refractivity contribution >= 4 is 154 Å².